The first-order valence-corrected chi connectivity index (χ1v) is 7.05. The molecule has 1 saturated heterocycles. The highest BCUT2D eigenvalue weighted by Crippen LogP contribution is 2.23. The van der Waals surface area contributed by atoms with Crippen LogP contribution >= 0.6 is 0 Å². The minimum absolute atomic E-state index is 1.03. The average Bonchev–Trinajstić information content (AvgIpc) is 2.92. The second kappa shape index (κ2) is 5.54. The molecule has 0 bridgehead atoms. The molecule has 98 valence electrons. The lowest BCUT2D eigenvalue weighted by atomic mass is 10.0. The highest BCUT2D eigenvalue weighted by Gasteiger charge is 2.12. The van der Waals surface area contributed by atoms with E-state index in [4.69, 9.17) is 0 Å². The summed E-state index contributed by atoms with van der Waals surface area (Å²) in [7, 11) is 0. The van der Waals surface area contributed by atoms with Crippen molar-refractivity contribution in [3.8, 4) is 11.1 Å². The molecule has 0 aliphatic carbocycles. The van der Waals surface area contributed by atoms with E-state index < -0.39 is 0 Å². The van der Waals surface area contributed by atoms with Crippen LogP contribution in [0.1, 0.15) is 24.0 Å². The summed E-state index contributed by atoms with van der Waals surface area (Å²) in [4.78, 5) is 6.93. The van der Waals surface area contributed by atoms with Crippen LogP contribution in [0, 0.1) is 6.92 Å². The van der Waals surface area contributed by atoms with Crippen molar-refractivity contribution >= 4 is 0 Å². The first-order valence-electron chi connectivity index (χ1n) is 7.05. The largest absolute Gasteiger partial charge is 0.299 e. The number of likely N-dealkylation sites (tertiary alicyclic amines) is 1. The Kier molecular flexibility index (Phi) is 3.60. The van der Waals surface area contributed by atoms with Gasteiger partial charge in [0.05, 0.1) is 0 Å². The normalized spacial score (nSPS) is 15.8. The van der Waals surface area contributed by atoms with E-state index in [1.165, 1.54) is 48.2 Å². The fraction of sp³-hybridized carbons (Fsp3) is 0.353. The van der Waals surface area contributed by atoms with Gasteiger partial charge in [0.25, 0.3) is 0 Å². The minimum Gasteiger partial charge on any atom is -0.299 e. The van der Waals surface area contributed by atoms with Crippen molar-refractivity contribution in [3.05, 3.63) is 53.9 Å². The summed E-state index contributed by atoms with van der Waals surface area (Å²) in [5.41, 5.74) is 5.15. The van der Waals surface area contributed by atoms with Crippen LogP contribution in [-0.4, -0.2) is 23.0 Å². The van der Waals surface area contributed by atoms with Crippen LogP contribution in [0.2, 0.25) is 0 Å². The molecule has 0 N–H and O–H groups in total. The molecular weight excluding hydrogens is 232 g/mol. The van der Waals surface area contributed by atoms with Crippen molar-refractivity contribution in [2.75, 3.05) is 13.1 Å². The Bertz CT molecular complexity index is 557. The Morgan fingerprint density at radius 3 is 2.68 bits per heavy atom. The molecule has 19 heavy (non-hydrogen) atoms. The number of benzene rings is 1. The van der Waals surface area contributed by atoms with E-state index in [2.05, 4.69) is 47.1 Å². The van der Waals surface area contributed by atoms with Crippen LogP contribution < -0.4 is 0 Å². The van der Waals surface area contributed by atoms with Crippen LogP contribution in [0.3, 0.4) is 0 Å². The summed E-state index contributed by atoms with van der Waals surface area (Å²) in [5.74, 6) is 0. The number of rotatable bonds is 3. The maximum Gasteiger partial charge on any atom is 0.0346 e. The summed E-state index contributed by atoms with van der Waals surface area (Å²) >= 11 is 0. The summed E-state index contributed by atoms with van der Waals surface area (Å²) in [6, 6.07) is 10.8. The molecule has 1 aromatic carbocycles. The van der Waals surface area contributed by atoms with Gasteiger partial charge in [0, 0.05) is 24.5 Å². The second-order valence-corrected chi connectivity index (χ2v) is 5.38. The Morgan fingerprint density at radius 2 is 1.89 bits per heavy atom. The summed E-state index contributed by atoms with van der Waals surface area (Å²) in [6.45, 7) is 5.65. The quantitative estimate of drug-likeness (QED) is 0.829. The SMILES string of the molecule is Cc1ccccc1-c1cncc(CN2CCCC2)c1. The number of hydrogen-bond acceptors (Lipinski definition) is 2. The van der Waals surface area contributed by atoms with Crippen molar-refractivity contribution < 1.29 is 0 Å². The third-order valence-corrected chi connectivity index (χ3v) is 3.86. The van der Waals surface area contributed by atoms with Gasteiger partial charge in [-0.1, -0.05) is 24.3 Å². The van der Waals surface area contributed by atoms with E-state index in [1.807, 2.05) is 12.4 Å². The Hall–Kier alpha value is -1.67. The van der Waals surface area contributed by atoms with Gasteiger partial charge < -0.3 is 0 Å². The van der Waals surface area contributed by atoms with E-state index in [9.17, 15) is 0 Å². The van der Waals surface area contributed by atoms with Crippen LogP contribution in [0.4, 0.5) is 0 Å². The van der Waals surface area contributed by atoms with Crippen molar-refractivity contribution in [2.45, 2.75) is 26.3 Å². The third kappa shape index (κ3) is 2.85. The second-order valence-electron chi connectivity index (χ2n) is 5.38. The van der Waals surface area contributed by atoms with E-state index in [0.717, 1.165) is 6.54 Å². The van der Waals surface area contributed by atoms with Crippen LogP contribution in [-0.2, 0) is 6.54 Å². The van der Waals surface area contributed by atoms with E-state index in [1.54, 1.807) is 0 Å². The zero-order valence-electron chi connectivity index (χ0n) is 11.5. The maximum absolute atomic E-state index is 4.42. The van der Waals surface area contributed by atoms with Crippen molar-refractivity contribution in [2.24, 2.45) is 0 Å². The Labute approximate surface area is 115 Å². The molecule has 0 spiro atoms. The molecule has 0 unspecified atom stereocenters. The molecule has 2 heteroatoms. The standard InChI is InChI=1S/C17H20N2/c1-14-6-2-3-7-17(14)16-10-15(11-18-12-16)13-19-8-4-5-9-19/h2-3,6-7,10-12H,4-5,8-9,13H2,1H3. The molecular formula is C17H20N2. The first-order chi connectivity index (χ1) is 9.33. The zero-order valence-corrected chi connectivity index (χ0v) is 11.5. The Morgan fingerprint density at radius 1 is 1.11 bits per heavy atom. The number of nitrogens with zero attached hydrogens (tertiary/aromatic N) is 2. The smallest absolute Gasteiger partial charge is 0.0346 e. The molecule has 3 rings (SSSR count). The van der Waals surface area contributed by atoms with E-state index in [0.29, 0.717) is 0 Å². The molecule has 0 atom stereocenters. The molecule has 0 saturated carbocycles. The topological polar surface area (TPSA) is 16.1 Å². The fourth-order valence-corrected chi connectivity index (χ4v) is 2.82. The van der Waals surface area contributed by atoms with Crippen LogP contribution in [0.15, 0.2) is 42.7 Å². The van der Waals surface area contributed by atoms with Gasteiger partial charge in [-0.25, -0.2) is 0 Å². The summed E-state index contributed by atoms with van der Waals surface area (Å²) < 4.78 is 0. The van der Waals surface area contributed by atoms with Crippen LogP contribution in [0.5, 0.6) is 0 Å². The van der Waals surface area contributed by atoms with Crippen LogP contribution in [0.25, 0.3) is 11.1 Å². The molecule has 2 aromatic rings. The van der Waals surface area contributed by atoms with Gasteiger partial charge in [-0.15, -0.1) is 0 Å². The lowest BCUT2D eigenvalue weighted by molar-refractivity contribution is 0.331. The zero-order chi connectivity index (χ0) is 13.1. The first kappa shape index (κ1) is 12.4. The minimum atomic E-state index is 1.03. The van der Waals surface area contributed by atoms with Gasteiger partial charge in [-0.3, -0.25) is 9.88 Å². The third-order valence-electron chi connectivity index (χ3n) is 3.86. The number of hydrogen-bond donors (Lipinski definition) is 0. The van der Waals surface area contributed by atoms with Gasteiger partial charge in [-0.05, 0) is 55.6 Å². The molecule has 1 fully saturated rings. The molecule has 0 radical (unpaired) electrons. The average molecular weight is 252 g/mol. The lowest BCUT2D eigenvalue weighted by Crippen LogP contribution is -2.18. The molecule has 2 nitrogen and oxygen atoms in total. The molecule has 0 amide bonds. The van der Waals surface area contributed by atoms with Crippen molar-refractivity contribution in [3.63, 3.8) is 0 Å². The number of pyridine rings is 1. The molecule has 1 aromatic heterocycles. The fourth-order valence-electron chi connectivity index (χ4n) is 2.82. The van der Waals surface area contributed by atoms with Gasteiger partial charge in [-0.2, -0.15) is 0 Å². The van der Waals surface area contributed by atoms with Gasteiger partial charge in [0.1, 0.15) is 0 Å². The van der Waals surface area contributed by atoms with Gasteiger partial charge >= 0.3 is 0 Å². The molecule has 1 aliphatic rings. The van der Waals surface area contributed by atoms with E-state index >= 15 is 0 Å². The van der Waals surface area contributed by atoms with Crippen molar-refractivity contribution in [1.29, 1.82) is 0 Å². The predicted molar refractivity (Wildman–Crippen MR) is 78.9 cm³/mol. The maximum atomic E-state index is 4.42. The monoisotopic (exact) mass is 252 g/mol. The Balaban J connectivity index is 1.85. The summed E-state index contributed by atoms with van der Waals surface area (Å²) in [6.07, 6.45) is 6.64. The molecule has 2 heterocycles. The van der Waals surface area contributed by atoms with Gasteiger partial charge in [0.2, 0.25) is 0 Å². The number of aromatic nitrogens is 1. The predicted octanol–water partition coefficient (Wildman–Crippen LogP) is 3.65. The van der Waals surface area contributed by atoms with Crippen molar-refractivity contribution in [1.82, 2.24) is 9.88 Å². The number of aryl methyl sites for hydroxylation is 1. The molecule has 1 aliphatic heterocycles. The highest BCUT2D eigenvalue weighted by atomic mass is 15.1. The highest BCUT2D eigenvalue weighted by molar-refractivity contribution is 5.66. The van der Waals surface area contributed by atoms with Gasteiger partial charge in [0.15, 0.2) is 0 Å². The summed E-state index contributed by atoms with van der Waals surface area (Å²) in [5, 5.41) is 0. The van der Waals surface area contributed by atoms with E-state index in [-0.39, 0.29) is 0 Å². The lowest BCUT2D eigenvalue weighted by Gasteiger charge is -2.15.